The van der Waals surface area contributed by atoms with Gasteiger partial charge in [0.2, 0.25) is 0 Å². The lowest BCUT2D eigenvalue weighted by Crippen LogP contribution is -2.20. The first-order valence-corrected chi connectivity index (χ1v) is 7.52. The Morgan fingerprint density at radius 2 is 2.11 bits per heavy atom. The van der Waals surface area contributed by atoms with E-state index < -0.39 is 5.97 Å². The average Bonchev–Trinajstić information content (AvgIpc) is 2.34. The number of alkyl halides is 2. The van der Waals surface area contributed by atoms with Crippen LogP contribution in [0.2, 0.25) is 0 Å². The summed E-state index contributed by atoms with van der Waals surface area (Å²) < 4.78 is 11.8. The number of halogens is 4. The van der Waals surface area contributed by atoms with Gasteiger partial charge < -0.3 is 9.47 Å². The van der Waals surface area contributed by atoms with Crippen molar-refractivity contribution in [1.29, 1.82) is 0 Å². The zero-order valence-corrected chi connectivity index (χ0v) is 13.9. The summed E-state index contributed by atoms with van der Waals surface area (Å²) in [5.41, 5.74) is 0. The molecule has 100 valence electrons. The SMILES string of the molecule is O=C(COc1ccc(Br)cc1Br)OCC(Cl)CCl. The van der Waals surface area contributed by atoms with Crippen LogP contribution in [0, 0.1) is 0 Å². The molecule has 7 heteroatoms. The van der Waals surface area contributed by atoms with Gasteiger partial charge in [-0.25, -0.2) is 4.79 Å². The van der Waals surface area contributed by atoms with E-state index >= 15 is 0 Å². The van der Waals surface area contributed by atoms with E-state index in [0.717, 1.165) is 8.95 Å². The molecule has 0 saturated carbocycles. The third-order valence-corrected chi connectivity index (χ3v) is 3.76. The fourth-order valence-corrected chi connectivity index (χ4v) is 2.31. The maximum Gasteiger partial charge on any atom is 0.344 e. The molecule has 0 fully saturated rings. The standard InChI is InChI=1S/C11H10Br2Cl2O3/c12-7-1-2-10(9(13)3-7)17-6-11(16)18-5-8(15)4-14/h1-3,8H,4-6H2. The van der Waals surface area contributed by atoms with Crippen LogP contribution in [0.3, 0.4) is 0 Å². The van der Waals surface area contributed by atoms with E-state index in [2.05, 4.69) is 31.9 Å². The number of esters is 1. The van der Waals surface area contributed by atoms with E-state index in [-0.39, 0.29) is 24.5 Å². The molecule has 1 rings (SSSR count). The zero-order chi connectivity index (χ0) is 13.5. The molecule has 0 heterocycles. The molecule has 18 heavy (non-hydrogen) atoms. The normalized spacial score (nSPS) is 12.0. The van der Waals surface area contributed by atoms with Crippen molar-refractivity contribution in [3.05, 3.63) is 27.1 Å². The van der Waals surface area contributed by atoms with Crippen molar-refractivity contribution in [3.63, 3.8) is 0 Å². The number of hydrogen-bond donors (Lipinski definition) is 0. The molecule has 3 nitrogen and oxygen atoms in total. The summed E-state index contributed by atoms with van der Waals surface area (Å²) in [6.07, 6.45) is 0. The smallest absolute Gasteiger partial charge is 0.344 e. The van der Waals surface area contributed by atoms with Crippen LogP contribution in [-0.2, 0) is 9.53 Å². The summed E-state index contributed by atoms with van der Waals surface area (Å²) in [6, 6.07) is 5.38. The number of ether oxygens (including phenoxy) is 2. The van der Waals surface area contributed by atoms with Crippen LogP contribution in [0.25, 0.3) is 0 Å². The van der Waals surface area contributed by atoms with Gasteiger partial charge in [-0.1, -0.05) is 15.9 Å². The van der Waals surface area contributed by atoms with E-state index in [9.17, 15) is 4.79 Å². The van der Waals surface area contributed by atoms with Crippen molar-refractivity contribution in [2.45, 2.75) is 5.38 Å². The second-order valence-corrected chi connectivity index (χ2v) is 5.99. The van der Waals surface area contributed by atoms with Crippen molar-refractivity contribution in [3.8, 4) is 5.75 Å². The van der Waals surface area contributed by atoms with Crippen molar-refractivity contribution in [2.75, 3.05) is 19.1 Å². The molecule has 0 saturated heterocycles. The molecule has 0 spiro atoms. The molecule has 0 amide bonds. The first-order chi connectivity index (χ1) is 8.52. The van der Waals surface area contributed by atoms with Gasteiger partial charge in [-0.2, -0.15) is 0 Å². The van der Waals surface area contributed by atoms with Crippen LogP contribution in [-0.4, -0.2) is 30.4 Å². The lowest BCUT2D eigenvalue weighted by atomic mass is 10.3. The minimum absolute atomic E-state index is 0.0781. The number of carbonyl (C=O) groups excluding carboxylic acids is 1. The third-order valence-electron chi connectivity index (χ3n) is 1.83. The fourth-order valence-electron chi connectivity index (χ4n) is 0.999. The highest BCUT2D eigenvalue weighted by molar-refractivity contribution is 9.11. The molecule has 1 atom stereocenters. The van der Waals surface area contributed by atoms with Gasteiger partial charge in [0.15, 0.2) is 6.61 Å². The van der Waals surface area contributed by atoms with E-state index in [1.807, 2.05) is 12.1 Å². The third kappa shape index (κ3) is 5.78. The Morgan fingerprint density at radius 1 is 1.39 bits per heavy atom. The van der Waals surface area contributed by atoms with Gasteiger partial charge in [-0.15, -0.1) is 23.2 Å². The quantitative estimate of drug-likeness (QED) is 0.516. The first-order valence-electron chi connectivity index (χ1n) is 4.96. The van der Waals surface area contributed by atoms with Crippen LogP contribution >= 0.6 is 55.1 Å². The predicted molar refractivity (Wildman–Crippen MR) is 78.7 cm³/mol. The number of benzene rings is 1. The summed E-state index contributed by atoms with van der Waals surface area (Å²) in [7, 11) is 0. The van der Waals surface area contributed by atoms with Crippen molar-refractivity contribution >= 4 is 61.0 Å². The highest BCUT2D eigenvalue weighted by Gasteiger charge is 2.10. The minimum atomic E-state index is -0.486. The molecule has 0 bridgehead atoms. The summed E-state index contributed by atoms with van der Waals surface area (Å²) >= 11 is 17.8. The highest BCUT2D eigenvalue weighted by atomic mass is 79.9. The first kappa shape index (κ1) is 16.1. The summed E-state index contributed by atoms with van der Waals surface area (Å²) in [4.78, 5) is 11.3. The monoisotopic (exact) mass is 418 g/mol. The maximum absolute atomic E-state index is 11.3. The summed E-state index contributed by atoms with van der Waals surface area (Å²) in [5, 5.41) is -0.380. The largest absolute Gasteiger partial charge is 0.481 e. The lowest BCUT2D eigenvalue weighted by Gasteiger charge is -2.10. The Balaban J connectivity index is 2.38. The zero-order valence-electron chi connectivity index (χ0n) is 9.17. The van der Waals surface area contributed by atoms with E-state index in [1.54, 1.807) is 6.07 Å². The molecule has 0 aliphatic carbocycles. The molecule has 0 aliphatic heterocycles. The van der Waals surface area contributed by atoms with Crippen molar-refractivity contribution < 1.29 is 14.3 Å². The minimum Gasteiger partial charge on any atom is -0.481 e. The van der Waals surface area contributed by atoms with Gasteiger partial charge in [-0.3, -0.25) is 0 Å². The Hall–Kier alpha value is 0.0300. The van der Waals surface area contributed by atoms with Crippen LogP contribution in [0.15, 0.2) is 27.1 Å². The van der Waals surface area contributed by atoms with Gasteiger partial charge in [-0.05, 0) is 34.1 Å². The van der Waals surface area contributed by atoms with Crippen LogP contribution in [0.1, 0.15) is 0 Å². The summed E-state index contributed by atoms with van der Waals surface area (Å²) in [6.45, 7) is -0.0963. The highest BCUT2D eigenvalue weighted by Crippen LogP contribution is 2.28. The molecule has 1 unspecified atom stereocenters. The Kier molecular flexibility index (Phi) is 7.37. The molecule has 0 N–H and O–H groups in total. The molecule has 0 aromatic heterocycles. The predicted octanol–water partition coefficient (Wildman–Crippen LogP) is 3.98. The topological polar surface area (TPSA) is 35.5 Å². The summed E-state index contributed by atoms with van der Waals surface area (Å²) in [5.74, 6) is 0.309. The molecule has 1 aromatic rings. The molecule has 0 radical (unpaired) electrons. The lowest BCUT2D eigenvalue weighted by molar-refractivity contribution is -0.145. The van der Waals surface area contributed by atoms with Gasteiger partial charge in [0.25, 0.3) is 0 Å². The Labute approximate surface area is 132 Å². The molecule has 0 aliphatic rings. The number of hydrogen-bond acceptors (Lipinski definition) is 3. The van der Waals surface area contributed by atoms with Crippen LogP contribution in [0.5, 0.6) is 5.75 Å². The number of carbonyl (C=O) groups is 1. The van der Waals surface area contributed by atoms with Gasteiger partial charge in [0, 0.05) is 10.4 Å². The van der Waals surface area contributed by atoms with Gasteiger partial charge in [0.05, 0.1) is 9.85 Å². The maximum atomic E-state index is 11.3. The molecular weight excluding hydrogens is 411 g/mol. The Bertz CT molecular complexity index is 415. The molecular formula is C11H10Br2Cl2O3. The van der Waals surface area contributed by atoms with E-state index in [4.69, 9.17) is 32.7 Å². The van der Waals surface area contributed by atoms with Gasteiger partial charge >= 0.3 is 5.97 Å². The van der Waals surface area contributed by atoms with Crippen molar-refractivity contribution in [2.24, 2.45) is 0 Å². The van der Waals surface area contributed by atoms with E-state index in [0.29, 0.717) is 5.75 Å². The molecule has 1 aromatic carbocycles. The second-order valence-electron chi connectivity index (χ2n) is 3.30. The van der Waals surface area contributed by atoms with Crippen LogP contribution < -0.4 is 4.74 Å². The van der Waals surface area contributed by atoms with Crippen LogP contribution in [0.4, 0.5) is 0 Å². The van der Waals surface area contributed by atoms with E-state index in [1.165, 1.54) is 0 Å². The number of rotatable bonds is 6. The second kappa shape index (κ2) is 8.25. The van der Waals surface area contributed by atoms with Gasteiger partial charge in [0.1, 0.15) is 12.4 Å². The average molecular weight is 421 g/mol. The Morgan fingerprint density at radius 3 is 2.72 bits per heavy atom. The van der Waals surface area contributed by atoms with Crippen molar-refractivity contribution in [1.82, 2.24) is 0 Å². The fraction of sp³-hybridized carbons (Fsp3) is 0.364.